The second-order valence-electron chi connectivity index (χ2n) is 20.7. The highest BCUT2D eigenvalue weighted by atomic mass is 127. The van der Waals surface area contributed by atoms with E-state index < -0.39 is 35.8 Å². The van der Waals surface area contributed by atoms with Crippen molar-refractivity contribution in [2.45, 2.75) is 97.8 Å². The third-order valence-corrected chi connectivity index (χ3v) is 21.7. The fourth-order valence-electron chi connectivity index (χ4n) is 7.03. The summed E-state index contributed by atoms with van der Waals surface area (Å²) in [6.07, 6.45) is 7.22. The van der Waals surface area contributed by atoms with Gasteiger partial charge < -0.3 is 58.3 Å². The molecule has 9 aromatic rings. The summed E-state index contributed by atoms with van der Waals surface area (Å²) in [7, 11) is 0. The number of carboxylic acids is 6. The van der Waals surface area contributed by atoms with Crippen LogP contribution in [0.4, 0.5) is 0 Å². The molecule has 0 aliphatic rings. The quantitative estimate of drug-likeness (QED) is 0.104. The van der Waals surface area contributed by atoms with Gasteiger partial charge in [0.05, 0.1) is 35.5 Å². The predicted octanol–water partition coefficient (Wildman–Crippen LogP) is 2.53. The Bertz CT molecular complexity index is 3160. The molecule has 0 bridgehead atoms. The Balaban J connectivity index is 0.000000235. The molecule has 0 amide bonds. The van der Waals surface area contributed by atoms with E-state index in [1.165, 1.54) is 93.3 Å². The van der Waals surface area contributed by atoms with E-state index in [-0.39, 0.29) is 97.1 Å². The maximum absolute atomic E-state index is 10.8. The van der Waals surface area contributed by atoms with Gasteiger partial charge in [0.1, 0.15) is 35.2 Å². The Morgan fingerprint density at radius 3 is 0.644 bits per heavy atom. The summed E-state index contributed by atoms with van der Waals surface area (Å²) < 4.78 is 21.1. The molecule has 0 atom stereocenters. The second kappa shape index (κ2) is 35.1. The van der Waals surface area contributed by atoms with Gasteiger partial charge in [0.2, 0.25) is 0 Å². The van der Waals surface area contributed by atoms with Crippen LogP contribution in [0.5, 0.6) is 0 Å². The van der Waals surface area contributed by atoms with Crippen molar-refractivity contribution in [1.82, 2.24) is 0 Å². The van der Waals surface area contributed by atoms with Crippen LogP contribution in [0.1, 0.15) is 161 Å². The maximum Gasteiger partial charge on any atom is 0.357 e. The lowest BCUT2D eigenvalue weighted by Gasteiger charge is -2.22. The SMILES string of the molecule is CCC(C)(C)c1ccc([I+]c2ccc(C(=O)O)cc2)cc1.CCC(C)(C)c1ccc([I+]c2ccc(C(=O)O)cc2)cc1.CCC(C)(C)c1ccc([I+]c2ccc(C(=O)O)cc2)cc1.O=C([O-])c1ccco1.O=C([O-])c1ccco1.O=C([O-])c1ccco1. The molecule has 87 heavy (non-hydrogen) atoms. The zero-order valence-corrected chi connectivity index (χ0v) is 56.0. The number of carbonyl (C=O) groups excluding carboxylic acids is 3. The first-order valence-corrected chi connectivity index (χ1v) is 33.7. The predicted molar refractivity (Wildman–Crippen MR) is 311 cm³/mol. The Kier molecular flexibility index (Phi) is 28.9. The van der Waals surface area contributed by atoms with Crippen LogP contribution in [0.25, 0.3) is 0 Å². The number of hydrogen-bond donors (Lipinski definition) is 3. The fourth-order valence-corrected chi connectivity index (χ4v) is 13.5. The lowest BCUT2D eigenvalue weighted by Crippen LogP contribution is -3.61. The van der Waals surface area contributed by atoms with E-state index in [9.17, 15) is 44.1 Å². The molecule has 18 heteroatoms. The molecule has 15 nitrogen and oxygen atoms in total. The molecule has 0 saturated heterocycles. The Morgan fingerprint density at radius 2 is 0.517 bits per heavy atom. The minimum Gasteiger partial charge on any atom is -0.542 e. The highest BCUT2D eigenvalue weighted by Crippen LogP contribution is 2.27. The normalized spacial score (nSPS) is 10.7. The van der Waals surface area contributed by atoms with E-state index in [2.05, 4.69) is 148 Å². The molecule has 0 fully saturated rings. The molecule has 0 radical (unpaired) electrons. The van der Waals surface area contributed by atoms with Crippen molar-refractivity contribution >= 4 is 35.8 Å². The van der Waals surface area contributed by atoms with Crippen LogP contribution in [0.3, 0.4) is 0 Å². The third kappa shape index (κ3) is 24.5. The molecule has 3 heterocycles. The van der Waals surface area contributed by atoms with E-state index in [1.54, 1.807) is 36.4 Å². The highest BCUT2D eigenvalue weighted by molar-refractivity contribution is 5.88. The summed E-state index contributed by atoms with van der Waals surface area (Å²) >= 11 is -0.753. The third-order valence-electron chi connectivity index (χ3n) is 13.6. The number of carboxylic acid groups (broad SMARTS) is 6. The summed E-state index contributed by atoms with van der Waals surface area (Å²) in [5.41, 5.74) is 5.84. The highest BCUT2D eigenvalue weighted by Gasteiger charge is 2.24. The molecular weight excluding hydrogens is 1450 g/mol. The molecule has 0 unspecified atom stereocenters. The molecule has 456 valence electrons. The van der Waals surface area contributed by atoms with Gasteiger partial charge in [0.25, 0.3) is 0 Å². The average Bonchev–Trinajstić information content (AvgIpc) is 4.24. The number of furan rings is 3. The molecule has 0 aliphatic carbocycles. The van der Waals surface area contributed by atoms with Crippen LogP contribution in [0, 0.1) is 21.4 Å². The number of carbonyl (C=O) groups is 6. The summed E-state index contributed by atoms with van der Waals surface area (Å²) in [6.45, 7) is 20.2. The van der Waals surface area contributed by atoms with Gasteiger partial charge >= 0.3 is 81.5 Å². The van der Waals surface area contributed by atoms with Crippen molar-refractivity contribution in [3.05, 3.63) is 273 Å². The van der Waals surface area contributed by atoms with Gasteiger partial charge in [0.15, 0.2) is 21.4 Å². The van der Waals surface area contributed by atoms with Crippen LogP contribution in [-0.4, -0.2) is 51.1 Å². The van der Waals surface area contributed by atoms with Crippen LogP contribution >= 0.6 is 0 Å². The van der Waals surface area contributed by atoms with Crippen LogP contribution < -0.4 is 78.9 Å². The van der Waals surface area contributed by atoms with E-state index in [4.69, 9.17) is 15.3 Å². The van der Waals surface area contributed by atoms with Gasteiger partial charge in [-0.3, -0.25) is 0 Å². The van der Waals surface area contributed by atoms with E-state index in [0.717, 1.165) is 19.3 Å². The van der Waals surface area contributed by atoms with Crippen molar-refractivity contribution in [2.75, 3.05) is 0 Å². The van der Waals surface area contributed by atoms with E-state index in [0.29, 0.717) is 16.7 Å². The van der Waals surface area contributed by atoms with Crippen LogP contribution in [-0.2, 0) is 16.2 Å². The standard InChI is InChI=1S/3C18H19IO2.3C5H4O3/c3*1-4-18(2,3)14-7-11-16(12-8-14)19-15-9-5-13(6-10-15)17(20)21;3*6-5(7)4-2-1-3-8-4/h3*5-12H,4H2,1-3H3;3*1-3H,(H,6,7). The van der Waals surface area contributed by atoms with Gasteiger partial charge in [0, 0.05) is 0 Å². The van der Waals surface area contributed by atoms with Gasteiger partial charge in [-0.2, -0.15) is 0 Å². The van der Waals surface area contributed by atoms with Gasteiger partial charge in [-0.05, 0) is 198 Å². The summed E-state index contributed by atoms with van der Waals surface area (Å²) in [6, 6.07) is 56.8. The molecule has 6 aromatic carbocycles. The Morgan fingerprint density at radius 1 is 0.333 bits per heavy atom. The van der Waals surface area contributed by atoms with Crippen molar-refractivity contribution in [1.29, 1.82) is 0 Å². The molecule has 0 aliphatic heterocycles. The second-order valence-corrected chi connectivity index (χ2v) is 29.8. The number of aromatic carboxylic acids is 6. The van der Waals surface area contributed by atoms with Crippen LogP contribution in [0.2, 0.25) is 0 Å². The first kappa shape index (κ1) is 71.6. The number of hydrogen-bond acceptors (Lipinski definition) is 12. The van der Waals surface area contributed by atoms with Gasteiger partial charge in [-0.1, -0.05) is 98.7 Å². The van der Waals surface area contributed by atoms with Crippen molar-refractivity contribution in [3.63, 3.8) is 0 Å². The van der Waals surface area contributed by atoms with E-state index >= 15 is 0 Å². The lowest BCUT2D eigenvalue weighted by atomic mass is 9.82. The smallest absolute Gasteiger partial charge is 0.357 e. The molecule has 9 rings (SSSR count). The van der Waals surface area contributed by atoms with Gasteiger partial charge in [-0.15, -0.1) is 0 Å². The minimum absolute atomic E-state index is 0.134. The van der Waals surface area contributed by atoms with Gasteiger partial charge in [-0.25, -0.2) is 14.4 Å². The summed E-state index contributed by atoms with van der Waals surface area (Å²) in [4.78, 5) is 62.1. The van der Waals surface area contributed by atoms with E-state index in [1.807, 2.05) is 36.4 Å². The number of benzene rings is 6. The topological polar surface area (TPSA) is 272 Å². The average molecular weight is 1520 g/mol. The maximum atomic E-state index is 10.8. The summed E-state index contributed by atoms with van der Waals surface area (Å²) in [5.74, 6) is -6.86. The monoisotopic (exact) mass is 1520 g/mol. The van der Waals surface area contributed by atoms with Crippen molar-refractivity contribution < 1.29 is 136 Å². The van der Waals surface area contributed by atoms with Crippen molar-refractivity contribution in [3.8, 4) is 0 Å². The molecule has 3 N–H and O–H groups in total. The Hall–Kier alpha value is -7.83. The zero-order valence-electron chi connectivity index (χ0n) is 49.5. The Labute approximate surface area is 538 Å². The van der Waals surface area contributed by atoms with Crippen molar-refractivity contribution in [2.24, 2.45) is 0 Å². The molecule has 0 saturated carbocycles. The number of rotatable bonds is 18. The molecular formula is C69H69I3O15. The fraction of sp³-hybridized carbons (Fsp3) is 0.217. The summed E-state index contributed by atoms with van der Waals surface area (Å²) in [5, 5.41) is 56.3. The minimum atomic E-state index is -1.28. The lowest BCUT2D eigenvalue weighted by molar-refractivity contribution is -0.597. The molecule has 0 spiro atoms. The number of halogens is 3. The first-order valence-electron chi connectivity index (χ1n) is 27.2. The zero-order chi connectivity index (χ0) is 64.3. The largest absolute Gasteiger partial charge is 0.542 e. The first-order chi connectivity index (χ1) is 41.2. The van der Waals surface area contributed by atoms with Crippen LogP contribution in [0.15, 0.2) is 214 Å². The molecule has 3 aromatic heterocycles.